The lowest BCUT2D eigenvalue weighted by Crippen LogP contribution is -2.20. The van der Waals surface area contributed by atoms with Crippen molar-refractivity contribution in [1.82, 2.24) is 19.4 Å². The fourth-order valence-corrected chi connectivity index (χ4v) is 3.80. The van der Waals surface area contributed by atoms with Crippen LogP contribution in [0.25, 0.3) is 22.2 Å². The number of anilines is 3. The molecule has 0 atom stereocenters. The van der Waals surface area contributed by atoms with Gasteiger partial charge in [-0.15, -0.1) is 0 Å². The third-order valence-corrected chi connectivity index (χ3v) is 5.62. The summed E-state index contributed by atoms with van der Waals surface area (Å²) in [6, 6.07) is 13.5. The molecule has 14 heteroatoms. The zero-order valence-corrected chi connectivity index (χ0v) is 23.8. The van der Waals surface area contributed by atoms with Gasteiger partial charge in [-0.05, 0) is 38.4 Å². The molecule has 13 nitrogen and oxygen atoms in total. The number of hydrogen-bond acceptors (Lipinski definition) is 9. The van der Waals surface area contributed by atoms with Crippen LogP contribution in [0.1, 0.15) is 0 Å². The van der Waals surface area contributed by atoms with Gasteiger partial charge < -0.3 is 29.6 Å². The van der Waals surface area contributed by atoms with Crippen molar-refractivity contribution in [2.75, 3.05) is 45.0 Å². The Morgan fingerprint density at radius 3 is 2.51 bits per heavy atom. The van der Waals surface area contributed by atoms with Crippen LogP contribution in [0, 0.1) is 0 Å². The lowest BCUT2D eigenvalue weighted by molar-refractivity contribution is -0.111. The monoisotopic (exact) mass is 584 g/mol. The van der Waals surface area contributed by atoms with Gasteiger partial charge in [-0.1, -0.05) is 24.8 Å². The first-order valence-corrected chi connectivity index (χ1v) is 13.6. The summed E-state index contributed by atoms with van der Waals surface area (Å²) in [7, 11) is 2.84. The van der Waals surface area contributed by atoms with Gasteiger partial charge in [-0.25, -0.2) is 9.97 Å². The van der Waals surface area contributed by atoms with Crippen molar-refractivity contribution < 1.29 is 31.8 Å². The molecular formula is C27H32N6O7S. The Morgan fingerprint density at radius 1 is 1.15 bits per heavy atom. The molecule has 41 heavy (non-hydrogen) atoms. The van der Waals surface area contributed by atoms with E-state index in [4.69, 9.17) is 32.0 Å². The van der Waals surface area contributed by atoms with Gasteiger partial charge in [0.2, 0.25) is 11.9 Å². The topological polar surface area (TPSA) is 168 Å². The number of methoxy groups -OCH3 is 1. The average Bonchev–Trinajstić information content (AvgIpc) is 3.25. The Labute approximate surface area is 238 Å². The molecule has 2 aromatic carbocycles. The molecule has 4 aromatic rings. The second-order valence-electron chi connectivity index (χ2n) is 8.90. The number of rotatable bonds is 10. The minimum atomic E-state index is -4.67. The van der Waals surface area contributed by atoms with Gasteiger partial charge in [0.05, 0.1) is 24.2 Å². The van der Waals surface area contributed by atoms with E-state index in [-0.39, 0.29) is 5.91 Å². The number of para-hydroxylation sites is 1. The second-order valence-corrected chi connectivity index (χ2v) is 9.80. The van der Waals surface area contributed by atoms with Crippen LogP contribution < -0.4 is 20.1 Å². The number of aromatic nitrogens is 3. The third kappa shape index (κ3) is 9.01. The highest BCUT2D eigenvalue weighted by Crippen LogP contribution is 2.38. The molecule has 218 valence electrons. The Hall–Kier alpha value is -4.50. The second kappa shape index (κ2) is 13.7. The molecule has 0 unspecified atom stereocenters. The quantitative estimate of drug-likeness (QED) is 0.158. The van der Waals surface area contributed by atoms with Gasteiger partial charge in [0.1, 0.15) is 18.1 Å². The van der Waals surface area contributed by atoms with E-state index in [1.807, 2.05) is 44.2 Å². The fourth-order valence-electron chi connectivity index (χ4n) is 3.80. The van der Waals surface area contributed by atoms with E-state index in [0.29, 0.717) is 42.0 Å². The van der Waals surface area contributed by atoms with Crippen LogP contribution in [-0.2, 0) is 22.2 Å². The number of nitrogens with one attached hydrogen (secondary N) is 2. The summed E-state index contributed by atoms with van der Waals surface area (Å²) >= 11 is 0. The summed E-state index contributed by atoms with van der Waals surface area (Å²) < 4.78 is 45.2. The number of carbonyl (C=O) groups excluding carboxylic acids is 1. The number of hydrogen-bond donors (Lipinski definition) is 4. The van der Waals surface area contributed by atoms with Gasteiger partial charge in [-0.3, -0.25) is 13.9 Å². The van der Waals surface area contributed by atoms with Crippen LogP contribution in [-0.4, -0.2) is 77.2 Å². The number of amides is 1. The lowest BCUT2D eigenvalue weighted by Gasteiger charge is -2.18. The number of carbonyl (C=O) groups is 1. The molecule has 0 aliphatic heterocycles. The Bertz CT molecular complexity index is 1630. The van der Waals surface area contributed by atoms with Crippen LogP contribution in [0.15, 0.2) is 67.5 Å². The van der Waals surface area contributed by atoms with Gasteiger partial charge >= 0.3 is 10.4 Å². The minimum Gasteiger partial charge on any atom is -0.494 e. The molecule has 0 radical (unpaired) electrons. The highest BCUT2D eigenvalue weighted by Gasteiger charge is 2.16. The maximum atomic E-state index is 12.1. The Balaban J connectivity index is 0.000000850. The third-order valence-electron chi connectivity index (χ3n) is 5.62. The number of ether oxygens (including phenoxy) is 2. The molecule has 4 N–H and O–H groups in total. The number of likely N-dealkylation sites (N-methyl/N-ethyl adjacent to an activating group) is 1. The lowest BCUT2D eigenvalue weighted by atomic mass is 10.1. The predicted octanol–water partition coefficient (Wildman–Crippen LogP) is 3.80. The zero-order chi connectivity index (χ0) is 30.2. The van der Waals surface area contributed by atoms with E-state index < -0.39 is 10.4 Å². The molecule has 1 amide bonds. The van der Waals surface area contributed by atoms with Gasteiger partial charge in [0.25, 0.3) is 0 Å². The predicted molar refractivity (Wildman–Crippen MR) is 157 cm³/mol. The summed E-state index contributed by atoms with van der Waals surface area (Å²) in [5, 5.41) is 7.14. The van der Waals surface area contributed by atoms with Crippen molar-refractivity contribution in [3.63, 3.8) is 0 Å². The van der Waals surface area contributed by atoms with Crippen molar-refractivity contribution in [3.8, 4) is 22.8 Å². The highest BCUT2D eigenvalue weighted by atomic mass is 32.3. The van der Waals surface area contributed by atoms with Crippen LogP contribution in [0.5, 0.6) is 11.5 Å². The molecule has 0 aliphatic carbocycles. The van der Waals surface area contributed by atoms with Crippen LogP contribution in [0.4, 0.5) is 17.3 Å². The Morgan fingerprint density at radius 2 is 1.85 bits per heavy atom. The fraction of sp³-hybridized carbons (Fsp3) is 0.222. The summed E-state index contributed by atoms with van der Waals surface area (Å²) in [6.45, 7) is 4.69. The van der Waals surface area contributed by atoms with E-state index >= 15 is 0 Å². The molecular weight excluding hydrogens is 552 g/mol. The van der Waals surface area contributed by atoms with Crippen LogP contribution >= 0.6 is 0 Å². The Kier molecular flexibility index (Phi) is 10.4. The van der Waals surface area contributed by atoms with Crippen molar-refractivity contribution in [3.05, 3.63) is 67.5 Å². The van der Waals surface area contributed by atoms with Crippen LogP contribution in [0.3, 0.4) is 0 Å². The maximum absolute atomic E-state index is 12.1. The van der Waals surface area contributed by atoms with Crippen molar-refractivity contribution in [2.24, 2.45) is 7.05 Å². The van der Waals surface area contributed by atoms with Crippen LogP contribution in [0.2, 0.25) is 0 Å². The minimum absolute atomic E-state index is 0.349. The molecule has 0 aliphatic rings. The number of aryl methyl sites for hydroxylation is 1. The summed E-state index contributed by atoms with van der Waals surface area (Å²) in [6.07, 6.45) is 4.97. The van der Waals surface area contributed by atoms with Crippen molar-refractivity contribution in [1.29, 1.82) is 0 Å². The molecule has 2 heterocycles. The van der Waals surface area contributed by atoms with Gasteiger partial charge in [0.15, 0.2) is 0 Å². The average molecular weight is 585 g/mol. The number of nitrogens with zero attached hydrogens (tertiary/aromatic N) is 4. The molecule has 0 fully saturated rings. The number of benzene rings is 2. The first-order chi connectivity index (χ1) is 19.4. The van der Waals surface area contributed by atoms with E-state index in [0.717, 1.165) is 22.2 Å². The molecule has 0 saturated heterocycles. The van der Waals surface area contributed by atoms with Gasteiger partial charge in [0, 0.05) is 48.5 Å². The van der Waals surface area contributed by atoms with Crippen molar-refractivity contribution >= 4 is 44.5 Å². The van der Waals surface area contributed by atoms with E-state index in [9.17, 15) is 4.79 Å². The SMILES string of the molecule is C=CC(=O)Nc1cc(Nc2nccc(-c3cn(C)c4ccccc34)n2)c(OC)cc1OCCN(C)C.O=S(=O)(O)O. The standard InChI is InChI=1S/C27H30N6O3.H2O4S/c1-6-26(34)29-22-15-21(24(35-5)16-25(22)36-14-13-32(2)3)31-27-28-12-11-20(30-27)19-17-33(4)23-10-8-7-9-18(19)23;1-5(2,3)4/h6-12,15-17H,1,13-14H2,2-5H3,(H,29,34)(H,28,30,31);(H2,1,2,3,4). The largest absolute Gasteiger partial charge is 0.494 e. The normalized spacial score (nSPS) is 11.0. The highest BCUT2D eigenvalue weighted by molar-refractivity contribution is 7.79. The summed E-state index contributed by atoms with van der Waals surface area (Å²) in [4.78, 5) is 23.2. The first kappa shape index (κ1) is 31.0. The smallest absolute Gasteiger partial charge is 0.394 e. The first-order valence-electron chi connectivity index (χ1n) is 12.2. The zero-order valence-electron chi connectivity index (χ0n) is 23.0. The van der Waals surface area contributed by atoms with E-state index in [1.165, 1.54) is 6.08 Å². The molecule has 0 bridgehead atoms. The van der Waals surface area contributed by atoms with Crippen molar-refractivity contribution in [2.45, 2.75) is 0 Å². The maximum Gasteiger partial charge on any atom is 0.394 e. The van der Waals surface area contributed by atoms with E-state index in [2.05, 4.69) is 45.1 Å². The molecule has 0 spiro atoms. The number of fused-ring (bicyclic) bond motifs is 1. The summed E-state index contributed by atoms with van der Waals surface area (Å²) in [5.41, 5.74) is 3.97. The van der Waals surface area contributed by atoms with E-state index in [1.54, 1.807) is 25.4 Å². The van der Waals surface area contributed by atoms with Gasteiger partial charge in [-0.2, -0.15) is 8.42 Å². The molecule has 4 rings (SSSR count). The summed E-state index contributed by atoms with van der Waals surface area (Å²) in [5.74, 6) is 1.05. The molecule has 2 aromatic heterocycles. The molecule has 0 saturated carbocycles.